The molecule has 5 heteroatoms. The van der Waals surface area contributed by atoms with Crippen molar-refractivity contribution < 1.29 is 14.7 Å². The summed E-state index contributed by atoms with van der Waals surface area (Å²) in [7, 11) is 0. The molecule has 1 N–H and O–H groups in total. The highest BCUT2D eigenvalue weighted by atomic mass is 16.5. The van der Waals surface area contributed by atoms with Crippen LogP contribution in [0.5, 0.6) is 0 Å². The summed E-state index contributed by atoms with van der Waals surface area (Å²) in [4.78, 5) is 11.7. The Morgan fingerprint density at radius 2 is 2.06 bits per heavy atom. The molecular formula is C12H14N2O3. The fourth-order valence-corrected chi connectivity index (χ4v) is 1.17. The number of hydrogen-bond donors (Lipinski definition) is 1. The Morgan fingerprint density at radius 3 is 2.59 bits per heavy atom. The van der Waals surface area contributed by atoms with E-state index in [-0.39, 0.29) is 11.5 Å². The third-order valence-electron chi connectivity index (χ3n) is 2.45. The summed E-state index contributed by atoms with van der Waals surface area (Å²) < 4.78 is 0.477. The topological polar surface area (TPSA) is 75.7 Å². The molecular weight excluding hydrogens is 220 g/mol. The molecule has 1 unspecified atom stereocenters. The molecule has 1 aromatic carbocycles. The molecule has 0 spiro atoms. The number of oxime groups is 1. The summed E-state index contributed by atoms with van der Waals surface area (Å²) in [6.07, 6.45) is 0.953. The summed E-state index contributed by atoms with van der Waals surface area (Å²) in [5.41, 5.74) is 0.691. The molecule has 1 atom stereocenters. The standard InChI is InChI=1S/C12H14N2O3/c1-9(13-16)10(2)14(17)8-12(15)11-6-4-3-5-7-11/h3-8,10,16H,1-2H3. The summed E-state index contributed by atoms with van der Waals surface area (Å²) >= 11 is 0. The van der Waals surface area contributed by atoms with Crippen LogP contribution in [0.15, 0.2) is 35.5 Å². The minimum atomic E-state index is -0.673. The average molecular weight is 234 g/mol. The van der Waals surface area contributed by atoms with Gasteiger partial charge in [0, 0.05) is 12.5 Å². The zero-order chi connectivity index (χ0) is 12.8. The molecule has 0 aliphatic carbocycles. The lowest BCUT2D eigenvalue weighted by atomic mass is 10.1. The van der Waals surface area contributed by atoms with Crippen LogP contribution < -0.4 is 0 Å². The van der Waals surface area contributed by atoms with Crippen LogP contribution in [0.2, 0.25) is 0 Å². The van der Waals surface area contributed by atoms with E-state index in [2.05, 4.69) is 5.16 Å². The van der Waals surface area contributed by atoms with Gasteiger partial charge < -0.3 is 10.4 Å². The average Bonchev–Trinajstić information content (AvgIpc) is 2.37. The van der Waals surface area contributed by atoms with E-state index >= 15 is 0 Å². The molecule has 0 heterocycles. The fraction of sp³-hybridized carbons (Fsp3) is 0.250. The molecule has 0 saturated carbocycles. The molecule has 0 radical (unpaired) electrons. The zero-order valence-electron chi connectivity index (χ0n) is 9.70. The highest BCUT2D eigenvalue weighted by Gasteiger charge is 2.15. The third-order valence-corrected chi connectivity index (χ3v) is 2.45. The molecule has 0 fully saturated rings. The van der Waals surface area contributed by atoms with Crippen LogP contribution in [-0.2, 0) is 0 Å². The first-order chi connectivity index (χ1) is 8.06. The number of benzene rings is 1. The van der Waals surface area contributed by atoms with Gasteiger partial charge in [-0.2, -0.15) is 0 Å². The van der Waals surface area contributed by atoms with Gasteiger partial charge in [-0.15, -0.1) is 0 Å². The predicted octanol–water partition coefficient (Wildman–Crippen LogP) is 1.69. The van der Waals surface area contributed by atoms with Crippen LogP contribution in [0.1, 0.15) is 24.2 Å². The quantitative estimate of drug-likeness (QED) is 0.215. The number of carbonyl (C=O) groups is 1. The van der Waals surface area contributed by atoms with Gasteiger partial charge >= 0.3 is 0 Å². The number of Topliss-reactive ketones (excluding diaryl/α,β-unsaturated/α-hetero) is 1. The van der Waals surface area contributed by atoms with E-state index in [1.807, 2.05) is 0 Å². The van der Waals surface area contributed by atoms with Crippen LogP contribution >= 0.6 is 0 Å². The van der Waals surface area contributed by atoms with E-state index in [1.54, 1.807) is 37.3 Å². The van der Waals surface area contributed by atoms with Gasteiger partial charge in [-0.3, -0.25) is 4.79 Å². The SMILES string of the molecule is CC(=NO)C(C)[N+]([O-])=CC(=O)c1ccccc1. The minimum Gasteiger partial charge on any atom is -0.623 e. The van der Waals surface area contributed by atoms with E-state index in [0.717, 1.165) is 6.21 Å². The van der Waals surface area contributed by atoms with Crippen LogP contribution in [0.3, 0.4) is 0 Å². The lowest BCUT2D eigenvalue weighted by Gasteiger charge is -2.10. The maximum absolute atomic E-state index is 11.7. The van der Waals surface area contributed by atoms with Crippen molar-refractivity contribution in [3.63, 3.8) is 0 Å². The number of nitrogens with zero attached hydrogens (tertiary/aromatic N) is 2. The summed E-state index contributed by atoms with van der Waals surface area (Å²) in [6, 6.07) is 7.82. The minimum absolute atomic E-state index is 0.247. The van der Waals surface area contributed by atoms with Crippen molar-refractivity contribution in [1.82, 2.24) is 0 Å². The summed E-state index contributed by atoms with van der Waals surface area (Å²) in [5.74, 6) is -0.377. The van der Waals surface area contributed by atoms with Crippen molar-refractivity contribution in [2.75, 3.05) is 0 Å². The molecule has 0 saturated heterocycles. The molecule has 90 valence electrons. The number of hydroxylamine groups is 1. The van der Waals surface area contributed by atoms with Gasteiger partial charge in [-0.25, -0.2) is 4.74 Å². The highest BCUT2D eigenvalue weighted by molar-refractivity contribution is 6.33. The first kappa shape index (κ1) is 12.9. The molecule has 17 heavy (non-hydrogen) atoms. The van der Waals surface area contributed by atoms with Crippen molar-refractivity contribution in [1.29, 1.82) is 0 Å². The Bertz CT molecular complexity index is 452. The van der Waals surface area contributed by atoms with E-state index in [4.69, 9.17) is 5.21 Å². The van der Waals surface area contributed by atoms with Crippen molar-refractivity contribution >= 4 is 17.7 Å². The van der Waals surface area contributed by atoms with Crippen molar-refractivity contribution in [3.8, 4) is 0 Å². The molecule has 0 amide bonds. The number of rotatable bonds is 4. The van der Waals surface area contributed by atoms with Crippen LogP contribution in [0, 0.1) is 5.21 Å². The summed E-state index contributed by atoms with van der Waals surface area (Å²) in [5, 5.41) is 23.0. The van der Waals surface area contributed by atoms with Gasteiger partial charge in [0.15, 0.2) is 0 Å². The molecule has 0 aromatic heterocycles. The lowest BCUT2D eigenvalue weighted by Crippen LogP contribution is -2.28. The molecule has 0 aliphatic rings. The molecule has 5 nitrogen and oxygen atoms in total. The maximum Gasteiger partial charge on any atom is 0.249 e. The monoisotopic (exact) mass is 234 g/mol. The second-order valence-corrected chi connectivity index (χ2v) is 3.64. The number of hydrogen-bond acceptors (Lipinski definition) is 4. The Balaban J connectivity index is 2.86. The fourth-order valence-electron chi connectivity index (χ4n) is 1.17. The van der Waals surface area contributed by atoms with Gasteiger partial charge in [0.1, 0.15) is 5.71 Å². The van der Waals surface area contributed by atoms with Gasteiger partial charge in [-0.05, 0) is 6.92 Å². The highest BCUT2D eigenvalue weighted by Crippen LogP contribution is 1.99. The largest absolute Gasteiger partial charge is 0.623 e. The molecule has 1 rings (SSSR count). The Morgan fingerprint density at radius 1 is 1.47 bits per heavy atom. The first-order valence-electron chi connectivity index (χ1n) is 5.14. The number of ketones is 1. The van der Waals surface area contributed by atoms with E-state index < -0.39 is 6.04 Å². The lowest BCUT2D eigenvalue weighted by molar-refractivity contribution is -0.470. The van der Waals surface area contributed by atoms with Crippen LogP contribution in [-0.4, -0.2) is 33.7 Å². The van der Waals surface area contributed by atoms with E-state index in [1.165, 1.54) is 6.92 Å². The summed E-state index contributed by atoms with van der Waals surface area (Å²) in [6.45, 7) is 3.06. The van der Waals surface area contributed by atoms with Crippen LogP contribution in [0.4, 0.5) is 0 Å². The Kier molecular flexibility index (Phi) is 4.39. The van der Waals surface area contributed by atoms with Crippen molar-refractivity contribution in [2.24, 2.45) is 5.16 Å². The first-order valence-corrected chi connectivity index (χ1v) is 5.14. The van der Waals surface area contributed by atoms with Gasteiger partial charge in [0.05, 0.1) is 0 Å². The molecule has 0 aliphatic heterocycles. The van der Waals surface area contributed by atoms with Gasteiger partial charge in [0.2, 0.25) is 18.0 Å². The number of carbonyl (C=O) groups excluding carboxylic acids is 1. The zero-order valence-corrected chi connectivity index (χ0v) is 9.70. The predicted molar refractivity (Wildman–Crippen MR) is 64.8 cm³/mol. The van der Waals surface area contributed by atoms with Crippen LogP contribution in [0.25, 0.3) is 0 Å². The molecule has 1 aromatic rings. The van der Waals surface area contributed by atoms with Gasteiger partial charge in [0.25, 0.3) is 0 Å². The van der Waals surface area contributed by atoms with Crippen molar-refractivity contribution in [2.45, 2.75) is 19.9 Å². The second-order valence-electron chi connectivity index (χ2n) is 3.64. The smallest absolute Gasteiger partial charge is 0.249 e. The normalized spacial score (nSPS) is 14.5. The van der Waals surface area contributed by atoms with E-state index in [0.29, 0.717) is 10.3 Å². The van der Waals surface area contributed by atoms with Crippen molar-refractivity contribution in [3.05, 3.63) is 41.1 Å². The Labute approximate surface area is 99.3 Å². The third kappa shape index (κ3) is 3.41. The Hall–Kier alpha value is -2.17. The second kappa shape index (κ2) is 5.79. The van der Waals surface area contributed by atoms with E-state index in [9.17, 15) is 10.0 Å². The van der Waals surface area contributed by atoms with Gasteiger partial charge in [-0.1, -0.05) is 35.5 Å². The maximum atomic E-state index is 11.7. The molecule has 0 bridgehead atoms.